The van der Waals surface area contributed by atoms with Crippen LogP contribution in [0.4, 0.5) is 0 Å². The van der Waals surface area contributed by atoms with E-state index >= 15 is 0 Å². The number of nitrogens with zero attached hydrogens (tertiary/aromatic N) is 3. The van der Waals surface area contributed by atoms with Crippen LogP contribution in [0.5, 0.6) is 0 Å². The molecule has 0 aliphatic heterocycles. The third kappa shape index (κ3) is 5.43. The first kappa shape index (κ1) is 33.9. The molecule has 0 spiro atoms. The summed E-state index contributed by atoms with van der Waals surface area (Å²) in [7, 11) is 0. The molecule has 0 bridgehead atoms. The van der Waals surface area contributed by atoms with Gasteiger partial charge in [-0.1, -0.05) is 170 Å². The summed E-state index contributed by atoms with van der Waals surface area (Å²) in [4.78, 5) is 10.6. The van der Waals surface area contributed by atoms with Crippen LogP contribution in [0.15, 0.2) is 200 Å². The largest absolute Gasteiger partial charge is 0.228 e. The van der Waals surface area contributed by atoms with E-state index in [1.807, 2.05) is 30.3 Å². The molecule has 0 aliphatic carbocycles. The molecule has 60 heavy (non-hydrogen) atoms. The van der Waals surface area contributed by atoms with Gasteiger partial charge in [-0.25, -0.2) is 9.97 Å². The molecule has 0 amide bonds. The summed E-state index contributed by atoms with van der Waals surface area (Å²) in [6.45, 7) is 0. The SMILES string of the molecule is N#Cc1ccc(-c2ccc(-c3cc(-c4cc5ccc6cccc7c8cccc9ccc%10cccc(c(c4)c5c67)c%10c98)nc(-c4ccc(-c5ccccc5)cc4)n3)cc2)cc1. The van der Waals surface area contributed by atoms with Gasteiger partial charge < -0.3 is 0 Å². The zero-order valence-electron chi connectivity index (χ0n) is 32.4. The van der Waals surface area contributed by atoms with Gasteiger partial charge in [-0.05, 0) is 117 Å². The van der Waals surface area contributed by atoms with Crippen LogP contribution in [-0.4, -0.2) is 9.97 Å². The molecule has 11 aromatic carbocycles. The Labute approximate surface area is 346 Å². The number of rotatable bonds is 5. The summed E-state index contributed by atoms with van der Waals surface area (Å²) in [5.74, 6) is 0.669. The third-order valence-corrected chi connectivity index (χ3v) is 12.2. The van der Waals surface area contributed by atoms with Crippen molar-refractivity contribution in [2.45, 2.75) is 0 Å². The average Bonchev–Trinajstić information content (AvgIpc) is 3.32. The van der Waals surface area contributed by atoms with Gasteiger partial charge in [0, 0.05) is 16.7 Å². The van der Waals surface area contributed by atoms with E-state index in [0.29, 0.717) is 11.4 Å². The fourth-order valence-corrected chi connectivity index (χ4v) is 9.32. The van der Waals surface area contributed by atoms with Gasteiger partial charge in [0.15, 0.2) is 5.82 Å². The van der Waals surface area contributed by atoms with Crippen LogP contribution in [-0.2, 0) is 0 Å². The minimum absolute atomic E-state index is 0.648. The van der Waals surface area contributed by atoms with Crippen LogP contribution in [0.25, 0.3) is 121 Å². The summed E-state index contributed by atoms with van der Waals surface area (Å²) >= 11 is 0. The van der Waals surface area contributed by atoms with Crippen LogP contribution < -0.4 is 0 Å². The maximum Gasteiger partial charge on any atom is 0.160 e. The predicted molar refractivity (Wildman–Crippen MR) is 250 cm³/mol. The number of fused-ring (bicyclic) bond motifs is 2. The van der Waals surface area contributed by atoms with Gasteiger partial charge in [0.05, 0.1) is 23.0 Å². The lowest BCUT2D eigenvalue weighted by Gasteiger charge is -2.17. The van der Waals surface area contributed by atoms with Crippen molar-refractivity contribution in [1.29, 1.82) is 5.26 Å². The highest BCUT2D eigenvalue weighted by Crippen LogP contribution is 2.44. The second-order valence-corrected chi connectivity index (χ2v) is 15.6. The van der Waals surface area contributed by atoms with Crippen LogP contribution in [0, 0.1) is 11.3 Å². The maximum atomic E-state index is 9.32. The van der Waals surface area contributed by atoms with Gasteiger partial charge in [0.2, 0.25) is 0 Å². The van der Waals surface area contributed by atoms with E-state index in [1.165, 1.54) is 70.2 Å². The molecule has 3 heteroatoms. The van der Waals surface area contributed by atoms with Gasteiger partial charge in [-0.15, -0.1) is 0 Å². The lowest BCUT2D eigenvalue weighted by Crippen LogP contribution is -1.96. The van der Waals surface area contributed by atoms with Gasteiger partial charge >= 0.3 is 0 Å². The van der Waals surface area contributed by atoms with Gasteiger partial charge in [-0.2, -0.15) is 5.26 Å². The summed E-state index contributed by atoms with van der Waals surface area (Å²) < 4.78 is 0. The zero-order chi connectivity index (χ0) is 39.7. The van der Waals surface area contributed by atoms with Crippen molar-refractivity contribution >= 4 is 64.6 Å². The Kier molecular flexibility index (Phi) is 7.60. The molecule has 12 aromatic rings. The summed E-state index contributed by atoms with van der Waals surface area (Å²) in [5, 5.41) is 24.3. The number of nitriles is 1. The molecule has 12 rings (SSSR count). The van der Waals surface area contributed by atoms with Crippen molar-refractivity contribution in [1.82, 2.24) is 9.97 Å². The zero-order valence-corrected chi connectivity index (χ0v) is 32.4. The van der Waals surface area contributed by atoms with E-state index in [1.54, 1.807) is 0 Å². The molecule has 0 atom stereocenters. The smallest absolute Gasteiger partial charge is 0.160 e. The highest BCUT2D eigenvalue weighted by atomic mass is 14.9. The second-order valence-electron chi connectivity index (χ2n) is 15.6. The maximum absolute atomic E-state index is 9.32. The van der Waals surface area contributed by atoms with Crippen molar-refractivity contribution in [3.05, 3.63) is 206 Å². The minimum Gasteiger partial charge on any atom is -0.228 e. The molecule has 0 aliphatic rings. The van der Waals surface area contributed by atoms with Crippen LogP contribution >= 0.6 is 0 Å². The molecule has 276 valence electrons. The third-order valence-electron chi connectivity index (χ3n) is 12.2. The van der Waals surface area contributed by atoms with Gasteiger partial charge in [-0.3, -0.25) is 0 Å². The molecular weight excluding hydrogens is 727 g/mol. The lowest BCUT2D eigenvalue weighted by atomic mass is 9.87. The van der Waals surface area contributed by atoms with E-state index in [2.05, 4.69) is 176 Å². The molecule has 0 radical (unpaired) electrons. The summed E-state index contributed by atoms with van der Waals surface area (Å²) in [5.41, 5.74) is 9.78. The average molecular weight is 760 g/mol. The van der Waals surface area contributed by atoms with Gasteiger partial charge in [0.1, 0.15) is 0 Å². The van der Waals surface area contributed by atoms with E-state index in [4.69, 9.17) is 9.97 Å². The number of benzene rings is 10. The van der Waals surface area contributed by atoms with Crippen molar-refractivity contribution in [3.8, 4) is 62.2 Å². The molecule has 0 unspecified atom stereocenters. The van der Waals surface area contributed by atoms with Crippen molar-refractivity contribution < 1.29 is 0 Å². The summed E-state index contributed by atoms with van der Waals surface area (Å²) in [6, 6.07) is 73.5. The topological polar surface area (TPSA) is 49.6 Å². The molecule has 3 nitrogen and oxygen atoms in total. The Hall–Kier alpha value is -8.19. The number of hydrogen-bond acceptors (Lipinski definition) is 3. The van der Waals surface area contributed by atoms with E-state index in [0.717, 1.165) is 44.8 Å². The normalized spacial score (nSPS) is 11.7. The van der Waals surface area contributed by atoms with E-state index in [9.17, 15) is 5.26 Å². The highest BCUT2D eigenvalue weighted by molar-refractivity contribution is 6.37. The Bertz CT molecular complexity index is 3670. The molecule has 1 aromatic heterocycles. The second kappa shape index (κ2) is 13.5. The minimum atomic E-state index is 0.648. The van der Waals surface area contributed by atoms with Crippen molar-refractivity contribution in [3.63, 3.8) is 0 Å². The summed E-state index contributed by atoms with van der Waals surface area (Å²) in [6.07, 6.45) is 0. The van der Waals surface area contributed by atoms with Crippen molar-refractivity contribution in [2.24, 2.45) is 0 Å². The first-order valence-electron chi connectivity index (χ1n) is 20.3. The van der Waals surface area contributed by atoms with Crippen molar-refractivity contribution in [2.75, 3.05) is 0 Å². The number of aromatic nitrogens is 2. The fraction of sp³-hybridized carbons (Fsp3) is 0. The molecular formula is C57H33N3. The van der Waals surface area contributed by atoms with Crippen LogP contribution in [0.2, 0.25) is 0 Å². The fourth-order valence-electron chi connectivity index (χ4n) is 9.32. The predicted octanol–water partition coefficient (Wildman–Crippen LogP) is 15.0. The molecule has 1 heterocycles. The van der Waals surface area contributed by atoms with Crippen LogP contribution in [0.1, 0.15) is 5.56 Å². The Balaban J connectivity index is 1.11. The molecule has 0 saturated heterocycles. The monoisotopic (exact) mass is 759 g/mol. The number of hydrogen-bond donors (Lipinski definition) is 0. The van der Waals surface area contributed by atoms with E-state index < -0.39 is 0 Å². The molecule has 0 N–H and O–H groups in total. The molecule has 0 saturated carbocycles. The molecule has 0 fully saturated rings. The quantitative estimate of drug-likeness (QED) is 0.164. The van der Waals surface area contributed by atoms with E-state index in [-0.39, 0.29) is 0 Å². The standard InChI is InChI=1S/C57H33N3/c58-34-35-15-17-37(18-16-35)39-19-23-40(24-20-39)51-33-52(60-57(59-51)44-28-21-38(22-29-44)36-7-2-1-3-8-36)46-31-45-30-27-43-10-5-13-48-47-12-4-9-41-25-26-42-11-6-14-49(55(42)53(41)47)50(32-46)56(45)54(43)48/h1-33H. The highest BCUT2D eigenvalue weighted by Gasteiger charge is 2.18. The Morgan fingerprint density at radius 2 is 0.733 bits per heavy atom. The lowest BCUT2D eigenvalue weighted by molar-refractivity contribution is 1.18. The Morgan fingerprint density at radius 3 is 1.28 bits per heavy atom. The first-order chi connectivity index (χ1) is 29.7. The van der Waals surface area contributed by atoms with Gasteiger partial charge in [0.25, 0.3) is 0 Å². The Morgan fingerprint density at radius 1 is 0.300 bits per heavy atom. The van der Waals surface area contributed by atoms with Crippen LogP contribution in [0.3, 0.4) is 0 Å². The first-order valence-corrected chi connectivity index (χ1v) is 20.3.